The number of amides is 1. The van der Waals surface area contributed by atoms with Gasteiger partial charge in [0.1, 0.15) is 17.2 Å². The van der Waals surface area contributed by atoms with Crippen LogP contribution in [0.4, 0.5) is 11.6 Å². The summed E-state index contributed by atoms with van der Waals surface area (Å²) in [6, 6.07) is 13.6. The van der Waals surface area contributed by atoms with Crippen LogP contribution in [0.1, 0.15) is 10.5 Å². The number of aromatic nitrogens is 3. The molecular weight excluding hydrogens is 386 g/mol. The van der Waals surface area contributed by atoms with Crippen LogP contribution in [0.5, 0.6) is 23.0 Å². The van der Waals surface area contributed by atoms with Gasteiger partial charge in [-0.05, 0) is 30.3 Å². The number of nitrogens with one attached hydrogen (secondary N) is 3. The average Bonchev–Trinajstić information content (AvgIpc) is 3.15. The summed E-state index contributed by atoms with van der Waals surface area (Å²) in [6.45, 7) is 0. The standard InChI is InChI=1S/C21H19N5O4/c1-22-20(28)17-11-14(7-8-23-17)30-13-4-5-15-16(10-13)26-21(25-15)24-12-3-6-19(29-2)18(27)9-12/h3-11,27H,1-2H3,(H,22,28)(H2,24,25,26). The van der Waals surface area contributed by atoms with Crippen molar-refractivity contribution in [1.29, 1.82) is 0 Å². The monoisotopic (exact) mass is 405 g/mol. The number of aromatic hydroxyl groups is 1. The molecule has 9 nitrogen and oxygen atoms in total. The van der Waals surface area contributed by atoms with Crippen LogP contribution >= 0.6 is 0 Å². The molecule has 0 saturated heterocycles. The van der Waals surface area contributed by atoms with Gasteiger partial charge in [-0.1, -0.05) is 0 Å². The first-order valence-electron chi connectivity index (χ1n) is 9.05. The second-order valence-corrected chi connectivity index (χ2v) is 6.33. The van der Waals surface area contributed by atoms with Crippen LogP contribution in [0.2, 0.25) is 0 Å². The molecule has 4 aromatic rings. The third-order valence-corrected chi connectivity index (χ3v) is 4.32. The minimum Gasteiger partial charge on any atom is -0.504 e. The van der Waals surface area contributed by atoms with E-state index in [0.29, 0.717) is 28.9 Å². The zero-order valence-electron chi connectivity index (χ0n) is 16.3. The van der Waals surface area contributed by atoms with Gasteiger partial charge in [-0.3, -0.25) is 9.78 Å². The number of imidazole rings is 1. The maximum Gasteiger partial charge on any atom is 0.269 e. The summed E-state index contributed by atoms with van der Waals surface area (Å²) in [6.07, 6.45) is 1.51. The molecule has 2 heterocycles. The number of benzene rings is 2. The molecule has 2 aromatic carbocycles. The summed E-state index contributed by atoms with van der Waals surface area (Å²) in [5.41, 5.74) is 2.42. The SMILES string of the molecule is CNC(=O)c1cc(Oc2ccc3nc(Nc4ccc(OC)c(O)c4)[nH]c3c2)ccn1. The number of carbonyl (C=O) groups excluding carboxylic acids is 1. The normalized spacial score (nSPS) is 10.6. The minimum atomic E-state index is -0.287. The molecule has 0 atom stereocenters. The molecule has 9 heteroatoms. The highest BCUT2D eigenvalue weighted by molar-refractivity contribution is 5.92. The molecule has 0 aliphatic heterocycles. The van der Waals surface area contributed by atoms with Gasteiger partial charge in [-0.15, -0.1) is 0 Å². The van der Waals surface area contributed by atoms with Crippen LogP contribution in [0.15, 0.2) is 54.7 Å². The Balaban J connectivity index is 1.54. The Kier molecular flexibility index (Phi) is 5.08. The summed E-state index contributed by atoms with van der Waals surface area (Å²) in [5.74, 6) is 1.72. The Labute approximate surface area is 171 Å². The number of fused-ring (bicyclic) bond motifs is 1. The number of rotatable bonds is 6. The zero-order chi connectivity index (χ0) is 21.1. The van der Waals surface area contributed by atoms with Crippen LogP contribution in [0, 0.1) is 0 Å². The highest BCUT2D eigenvalue weighted by Crippen LogP contribution is 2.30. The van der Waals surface area contributed by atoms with Gasteiger partial charge in [-0.2, -0.15) is 0 Å². The van der Waals surface area contributed by atoms with E-state index in [4.69, 9.17) is 9.47 Å². The van der Waals surface area contributed by atoms with Gasteiger partial charge in [0.15, 0.2) is 11.5 Å². The molecule has 0 radical (unpaired) electrons. The summed E-state index contributed by atoms with van der Waals surface area (Å²) >= 11 is 0. The van der Waals surface area contributed by atoms with Crippen LogP contribution in [0.3, 0.4) is 0 Å². The number of hydrogen-bond acceptors (Lipinski definition) is 7. The van der Waals surface area contributed by atoms with E-state index in [-0.39, 0.29) is 17.4 Å². The van der Waals surface area contributed by atoms with Gasteiger partial charge in [0.05, 0.1) is 18.1 Å². The first-order chi connectivity index (χ1) is 14.6. The number of methoxy groups -OCH3 is 1. The molecule has 4 N–H and O–H groups in total. The molecule has 0 bridgehead atoms. The Morgan fingerprint density at radius 1 is 1.10 bits per heavy atom. The van der Waals surface area contributed by atoms with Crippen molar-refractivity contribution < 1.29 is 19.4 Å². The molecule has 1 amide bonds. The molecular formula is C21H19N5O4. The quantitative estimate of drug-likeness (QED) is 0.387. The number of ether oxygens (including phenoxy) is 2. The lowest BCUT2D eigenvalue weighted by Crippen LogP contribution is -2.18. The highest BCUT2D eigenvalue weighted by atomic mass is 16.5. The highest BCUT2D eigenvalue weighted by Gasteiger charge is 2.09. The van der Waals surface area contributed by atoms with Crippen LogP contribution < -0.4 is 20.1 Å². The lowest BCUT2D eigenvalue weighted by atomic mass is 10.3. The predicted octanol–water partition coefficient (Wildman–Crippen LogP) is 3.57. The Hall–Kier alpha value is -4.27. The van der Waals surface area contributed by atoms with Crippen LogP contribution in [0.25, 0.3) is 11.0 Å². The second kappa shape index (κ2) is 8.00. The first kappa shape index (κ1) is 19.1. The van der Waals surface area contributed by atoms with Gasteiger partial charge in [0.25, 0.3) is 5.91 Å². The van der Waals surface area contributed by atoms with Gasteiger partial charge < -0.3 is 30.2 Å². The number of carbonyl (C=O) groups is 1. The largest absolute Gasteiger partial charge is 0.504 e. The van der Waals surface area contributed by atoms with E-state index in [2.05, 4.69) is 25.6 Å². The van der Waals surface area contributed by atoms with Crippen molar-refractivity contribution >= 4 is 28.6 Å². The van der Waals surface area contributed by atoms with E-state index < -0.39 is 0 Å². The van der Waals surface area contributed by atoms with Gasteiger partial charge in [0.2, 0.25) is 5.95 Å². The second-order valence-electron chi connectivity index (χ2n) is 6.33. The lowest BCUT2D eigenvalue weighted by molar-refractivity contribution is 0.0958. The summed E-state index contributed by atoms with van der Waals surface area (Å²) < 4.78 is 10.9. The van der Waals surface area contributed by atoms with Crippen molar-refractivity contribution in [2.24, 2.45) is 0 Å². The van der Waals surface area contributed by atoms with E-state index in [0.717, 1.165) is 11.0 Å². The number of anilines is 2. The number of phenolic OH excluding ortho intramolecular Hbond substituents is 1. The molecule has 0 spiro atoms. The molecule has 152 valence electrons. The average molecular weight is 405 g/mol. The number of nitrogens with zero attached hydrogens (tertiary/aromatic N) is 2. The predicted molar refractivity (Wildman–Crippen MR) is 112 cm³/mol. The van der Waals surface area contributed by atoms with Crippen molar-refractivity contribution in [3.05, 3.63) is 60.4 Å². The van der Waals surface area contributed by atoms with Crippen molar-refractivity contribution in [1.82, 2.24) is 20.3 Å². The van der Waals surface area contributed by atoms with E-state index in [1.165, 1.54) is 13.3 Å². The van der Waals surface area contributed by atoms with Crippen molar-refractivity contribution in [2.75, 3.05) is 19.5 Å². The number of phenols is 1. The molecule has 0 saturated carbocycles. The van der Waals surface area contributed by atoms with E-state index in [9.17, 15) is 9.90 Å². The molecule has 0 aliphatic rings. The van der Waals surface area contributed by atoms with Gasteiger partial charge in [0, 0.05) is 37.1 Å². The van der Waals surface area contributed by atoms with Crippen molar-refractivity contribution in [2.45, 2.75) is 0 Å². The molecule has 2 aromatic heterocycles. The Bertz CT molecular complexity index is 1220. The fourth-order valence-electron chi connectivity index (χ4n) is 2.88. The first-order valence-corrected chi connectivity index (χ1v) is 9.05. The van der Waals surface area contributed by atoms with Crippen LogP contribution in [-0.4, -0.2) is 40.1 Å². The fraction of sp³-hybridized carbons (Fsp3) is 0.0952. The number of hydrogen-bond donors (Lipinski definition) is 4. The van der Waals surface area contributed by atoms with E-state index in [1.807, 2.05) is 6.07 Å². The molecule has 0 aliphatic carbocycles. The maximum absolute atomic E-state index is 11.7. The fourth-order valence-corrected chi connectivity index (χ4v) is 2.88. The van der Waals surface area contributed by atoms with Gasteiger partial charge in [-0.25, -0.2) is 4.98 Å². The van der Waals surface area contributed by atoms with E-state index >= 15 is 0 Å². The number of H-pyrrole nitrogens is 1. The maximum atomic E-state index is 11.7. The number of aromatic amines is 1. The third-order valence-electron chi connectivity index (χ3n) is 4.32. The summed E-state index contributed by atoms with van der Waals surface area (Å²) in [4.78, 5) is 23.4. The van der Waals surface area contributed by atoms with Gasteiger partial charge >= 0.3 is 0 Å². The van der Waals surface area contributed by atoms with Crippen molar-refractivity contribution in [3.8, 4) is 23.0 Å². The molecule has 0 fully saturated rings. The van der Waals surface area contributed by atoms with E-state index in [1.54, 1.807) is 49.5 Å². The molecule has 30 heavy (non-hydrogen) atoms. The number of pyridine rings is 1. The topological polar surface area (TPSA) is 121 Å². The van der Waals surface area contributed by atoms with Crippen molar-refractivity contribution in [3.63, 3.8) is 0 Å². The molecule has 0 unspecified atom stereocenters. The summed E-state index contributed by atoms with van der Waals surface area (Å²) in [7, 11) is 3.04. The zero-order valence-corrected chi connectivity index (χ0v) is 16.3. The third kappa shape index (κ3) is 3.95. The Morgan fingerprint density at radius 2 is 1.93 bits per heavy atom. The molecule has 4 rings (SSSR count). The summed E-state index contributed by atoms with van der Waals surface area (Å²) in [5, 5.41) is 15.5. The minimum absolute atomic E-state index is 0.0303. The Morgan fingerprint density at radius 3 is 2.70 bits per heavy atom. The smallest absolute Gasteiger partial charge is 0.269 e. The van der Waals surface area contributed by atoms with Crippen LogP contribution in [-0.2, 0) is 0 Å². The lowest BCUT2D eigenvalue weighted by Gasteiger charge is -2.07.